The zero-order chi connectivity index (χ0) is 17.9. The number of carbonyl (C=O) groups is 2. The Morgan fingerprint density at radius 3 is 2.08 bits per heavy atom. The average Bonchev–Trinajstić information content (AvgIpc) is 2.59. The van der Waals surface area contributed by atoms with E-state index in [0.29, 0.717) is 0 Å². The first-order chi connectivity index (χ1) is 11.3. The number of esters is 2. The Bertz CT molecular complexity index is 689. The predicted octanol–water partition coefficient (Wildman–Crippen LogP) is 3.21. The Kier molecular flexibility index (Phi) is 5.12. The van der Waals surface area contributed by atoms with Gasteiger partial charge in [0.25, 0.3) is 0 Å². The highest BCUT2D eigenvalue weighted by molar-refractivity contribution is 5.97. The van der Waals surface area contributed by atoms with Crippen LogP contribution in [0, 0.1) is 0 Å². The van der Waals surface area contributed by atoms with E-state index in [4.69, 9.17) is 9.47 Å². The van der Waals surface area contributed by atoms with Crippen molar-refractivity contribution in [3.05, 3.63) is 58.9 Å². The van der Waals surface area contributed by atoms with Crippen LogP contribution in [0.25, 0.3) is 0 Å². The van der Waals surface area contributed by atoms with Gasteiger partial charge in [-0.05, 0) is 22.6 Å². The lowest BCUT2D eigenvalue weighted by atomic mass is 9.86. The van der Waals surface area contributed by atoms with Crippen molar-refractivity contribution < 1.29 is 23.8 Å². The summed E-state index contributed by atoms with van der Waals surface area (Å²) in [7, 11) is 2.56. The minimum absolute atomic E-state index is 0.0327. The first-order valence-electron chi connectivity index (χ1n) is 7.62. The summed E-state index contributed by atoms with van der Waals surface area (Å²) in [5.74, 6) is -1.12. The maximum absolute atomic E-state index is 12.1. The van der Waals surface area contributed by atoms with Gasteiger partial charge in [0.15, 0.2) is 6.10 Å². The molecule has 0 amide bonds. The van der Waals surface area contributed by atoms with Crippen LogP contribution in [-0.4, -0.2) is 26.2 Å². The molecule has 1 heterocycles. The molecule has 0 bridgehead atoms. The third kappa shape index (κ3) is 3.67. The largest absolute Gasteiger partial charge is 0.487 e. The van der Waals surface area contributed by atoms with Gasteiger partial charge in [0.05, 0.1) is 31.6 Å². The molecule has 0 radical (unpaired) electrons. The lowest BCUT2D eigenvalue weighted by Gasteiger charge is -2.24. The van der Waals surface area contributed by atoms with Gasteiger partial charge in [-0.2, -0.15) is 0 Å². The normalized spacial score (nSPS) is 17.3. The standard InChI is InChI=1S/C19H22O5/c1-19(2,3)14-8-6-12(7-9-14)16-15(18(21)23-5)10-13(11-24-16)17(20)22-4/h6-11,16H,1-5H3. The number of rotatable bonds is 3. The molecule has 1 aliphatic heterocycles. The molecule has 2 rings (SSSR count). The fourth-order valence-electron chi connectivity index (χ4n) is 2.42. The number of hydrogen-bond acceptors (Lipinski definition) is 5. The molecule has 128 valence electrons. The molecule has 1 atom stereocenters. The second-order valence-corrected chi connectivity index (χ2v) is 6.54. The Morgan fingerprint density at radius 1 is 1.00 bits per heavy atom. The van der Waals surface area contributed by atoms with Gasteiger partial charge in [0, 0.05) is 0 Å². The van der Waals surface area contributed by atoms with E-state index in [-0.39, 0.29) is 16.6 Å². The number of ether oxygens (including phenoxy) is 3. The summed E-state index contributed by atoms with van der Waals surface area (Å²) in [6.07, 6.45) is 2.13. The van der Waals surface area contributed by atoms with E-state index in [9.17, 15) is 9.59 Å². The predicted molar refractivity (Wildman–Crippen MR) is 89.2 cm³/mol. The molecule has 0 spiro atoms. The summed E-state index contributed by atoms with van der Waals surface area (Å²) in [5.41, 5.74) is 2.44. The van der Waals surface area contributed by atoms with E-state index in [1.54, 1.807) is 0 Å². The molecule has 0 N–H and O–H groups in total. The third-order valence-electron chi connectivity index (χ3n) is 3.85. The summed E-state index contributed by atoms with van der Waals surface area (Å²) >= 11 is 0. The molecule has 0 saturated carbocycles. The molecular weight excluding hydrogens is 308 g/mol. The summed E-state index contributed by atoms with van der Waals surface area (Å²) < 4.78 is 15.1. The van der Waals surface area contributed by atoms with Crippen LogP contribution >= 0.6 is 0 Å². The van der Waals surface area contributed by atoms with Crippen molar-refractivity contribution in [2.75, 3.05) is 14.2 Å². The third-order valence-corrected chi connectivity index (χ3v) is 3.85. The van der Waals surface area contributed by atoms with Crippen molar-refractivity contribution >= 4 is 11.9 Å². The minimum Gasteiger partial charge on any atom is -0.487 e. The number of hydrogen-bond donors (Lipinski definition) is 0. The van der Waals surface area contributed by atoms with Gasteiger partial charge in [-0.25, -0.2) is 9.59 Å². The van der Waals surface area contributed by atoms with Gasteiger partial charge in [0.2, 0.25) is 0 Å². The topological polar surface area (TPSA) is 61.8 Å². The minimum atomic E-state index is -0.625. The average molecular weight is 330 g/mol. The van der Waals surface area contributed by atoms with Gasteiger partial charge < -0.3 is 14.2 Å². The maximum Gasteiger partial charge on any atom is 0.341 e. The van der Waals surface area contributed by atoms with Crippen LogP contribution in [-0.2, 0) is 29.2 Å². The van der Waals surface area contributed by atoms with E-state index in [1.165, 1.54) is 32.1 Å². The van der Waals surface area contributed by atoms with Crippen molar-refractivity contribution in [1.82, 2.24) is 0 Å². The monoisotopic (exact) mass is 330 g/mol. The molecular formula is C19H22O5. The Labute approximate surface area is 141 Å². The summed E-state index contributed by atoms with van der Waals surface area (Å²) in [6, 6.07) is 7.85. The maximum atomic E-state index is 12.1. The highest BCUT2D eigenvalue weighted by Gasteiger charge is 2.30. The van der Waals surface area contributed by atoms with Crippen LogP contribution < -0.4 is 0 Å². The smallest absolute Gasteiger partial charge is 0.341 e. The highest BCUT2D eigenvalue weighted by atomic mass is 16.5. The Hall–Kier alpha value is -2.56. The fourth-order valence-corrected chi connectivity index (χ4v) is 2.42. The molecule has 1 aromatic rings. The van der Waals surface area contributed by atoms with Gasteiger partial charge in [0.1, 0.15) is 0 Å². The summed E-state index contributed by atoms with van der Waals surface area (Å²) in [4.78, 5) is 23.7. The quantitative estimate of drug-likeness (QED) is 0.796. The molecule has 24 heavy (non-hydrogen) atoms. The molecule has 1 aromatic carbocycles. The second kappa shape index (κ2) is 6.91. The van der Waals surface area contributed by atoms with Crippen LogP contribution in [0.2, 0.25) is 0 Å². The fraction of sp³-hybridized carbons (Fsp3) is 0.368. The van der Waals surface area contributed by atoms with Gasteiger partial charge >= 0.3 is 11.9 Å². The molecule has 1 aliphatic rings. The molecule has 0 aliphatic carbocycles. The zero-order valence-corrected chi connectivity index (χ0v) is 14.6. The van der Waals surface area contributed by atoms with E-state index >= 15 is 0 Å². The molecule has 5 heteroatoms. The van der Waals surface area contributed by atoms with Crippen molar-refractivity contribution in [1.29, 1.82) is 0 Å². The van der Waals surface area contributed by atoms with Gasteiger partial charge in [-0.1, -0.05) is 45.0 Å². The van der Waals surface area contributed by atoms with Gasteiger partial charge in [-0.3, -0.25) is 0 Å². The summed E-state index contributed by atoms with van der Waals surface area (Å²) in [6.45, 7) is 6.39. The molecule has 5 nitrogen and oxygen atoms in total. The number of methoxy groups -OCH3 is 2. The van der Waals surface area contributed by atoms with E-state index in [2.05, 4.69) is 25.5 Å². The molecule has 0 fully saturated rings. The van der Waals surface area contributed by atoms with Crippen molar-refractivity contribution in [3.63, 3.8) is 0 Å². The highest BCUT2D eigenvalue weighted by Crippen LogP contribution is 2.33. The van der Waals surface area contributed by atoms with Crippen LogP contribution in [0.1, 0.15) is 38.0 Å². The lowest BCUT2D eigenvalue weighted by Crippen LogP contribution is -2.20. The number of benzene rings is 1. The number of carbonyl (C=O) groups excluding carboxylic acids is 2. The van der Waals surface area contributed by atoms with E-state index < -0.39 is 18.0 Å². The molecule has 1 unspecified atom stereocenters. The Morgan fingerprint density at radius 2 is 1.58 bits per heavy atom. The molecule has 0 saturated heterocycles. The first-order valence-corrected chi connectivity index (χ1v) is 7.62. The van der Waals surface area contributed by atoms with Crippen LogP contribution in [0.4, 0.5) is 0 Å². The summed E-state index contributed by atoms with van der Waals surface area (Å²) in [5, 5.41) is 0. The first kappa shape index (κ1) is 17.8. The van der Waals surface area contributed by atoms with Crippen molar-refractivity contribution in [3.8, 4) is 0 Å². The van der Waals surface area contributed by atoms with E-state index in [0.717, 1.165) is 5.56 Å². The molecule has 0 aromatic heterocycles. The Balaban J connectivity index is 2.36. The lowest BCUT2D eigenvalue weighted by molar-refractivity contribution is -0.137. The zero-order valence-electron chi connectivity index (χ0n) is 14.6. The van der Waals surface area contributed by atoms with E-state index in [1.807, 2.05) is 24.3 Å². The second-order valence-electron chi connectivity index (χ2n) is 6.54. The van der Waals surface area contributed by atoms with Crippen molar-refractivity contribution in [2.45, 2.75) is 32.3 Å². The van der Waals surface area contributed by atoms with Gasteiger partial charge in [-0.15, -0.1) is 0 Å². The SMILES string of the molecule is COC(=O)C1=COC(c2ccc(C(C)(C)C)cc2)C(C(=O)OC)=C1. The van der Waals surface area contributed by atoms with Crippen LogP contribution in [0.5, 0.6) is 0 Å². The van der Waals surface area contributed by atoms with Crippen molar-refractivity contribution in [2.24, 2.45) is 0 Å². The van der Waals surface area contributed by atoms with Crippen LogP contribution in [0.15, 0.2) is 47.7 Å². The van der Waals surface area contributed by atoms with Crippen LogP contribution in [0.3, 0.4) is 0 Å².